The van der Waals surface area contributed by atoms with Crippen molar-refractivity contribution in [3.8, 4) is 11.4 Å². The third-order valence-corrected chi connectivity index (χ3v) is 5.47. The predicted molar refractivity (Wildman–Crippen MR) is 112 cm³/mol. The lowest BCUT2D eigenvalue weighted by Crippen LogP contribution is -2.15. The van der Waals surface area contributed by atoms with Gasteiger partial charge in [0.2, 0.25) is 15.9 Å². The molecule has 4 N–H and O–H groups in total. The number of alkyl halides is 6. The van der Waals surface area contributed by atoms with Gasteiger partial charge in [-0.2, -0.15) is 26.3 Å². The van der Waals surface area contributed by atoms with E-state index in [4.69, 9.17) is 10.9 Å². The molecule has 35 heavy (non-hydrogen) atoms. The van der Waals surface area contributed by atoms with Gasteiger partial charge in [0.15, 0.2) is 5.82 Å². The van der Waals surface area contributed by atoms with E-state index in [0.717, 1.165) is 18.3 Å². The van der Waals surface area contributed by atoms with Crippen molar-refractivity contribution < 1.29 is 39.6 Å². The fraction of sp³-hybridized carbons (Fsp3) is 0.0952. The minimum Gasteiger partial charge on any atom is -0.366 e. The number of hydrogen-bond donors (Lipinski definition) is 2. The molecule has 0 spiro atoms. The second kappa shape index (κ2) is 9.11. The molecule has 0 fully saturated rings. The average molecular weight is 516 g/mol. The zero-order valence-corrected chi connectivity index (χ0v) is 18.0. The molecule has 0 saturated carbocycles. The number of halogens is 6. The lowest BCUT2D eigenvalue weighted by atomic mass is 10.0. The van der Waals surface area contributed by atoms with Gasteiger partial charge in [-0.05, 0) is 48.0 Å². The number of nitrogens with two attached hydrogens (primary N) is 2. The van der Waals surface area contributed by atoms with Gasteiger partial charge in [0.25, 0.3) is 0 Å². The van der Waals surface area contributed by atoms with Crippen molar-refractivity contribution in [2.45, 2.75) is 17.2 Å². The first-order valence-electron chi connectivity index (χ1n) is 9.33. The number of primary amides is 1. The summed E-state index contributed by atoms with van der Waals surface area (Å²) < 4.78 is 102. The molecule has 3 rings (SSSR count). The van der Waals surface area contributed by atoms with Gasteiger partial charge in [0.1, 0.15) is 0 Å². The van der Waals surface area contributed by atoms with Crippen LogP contribution in [-0.2, 0) is 27.2 Å². The maximum absolute atomic E-state index is 13.2. The molecule has 3 aromatic rings. The Balaban J connectivity index is 2.14. The second-order valence-corrected chi connectivity index (χ2v) is 8.66. The zero-order valence-electron chi connectivity index (χ0n) is 17.2. The fourth-order valence-electron chi connectivity index (χ4n) is 2.96. The van der Waals surface area contributed by atoms with Gasteiger partial charge in [0.05, 0.1) is 21.7 Å². The molecule has 7 nitrogen and oxygen atoms in total. The highest BCUT2D eigenvalue weighted by atomic mass is 32.2. The minimum atomic E-state index is -5.07. The summed E-state index contributed by atoms with van der Waals surface area (Å²) >= 11 is 0. The summed E-state index contributed by atoms with van der Waals surface area (Å²) in [6, 6.07) is 6.98. The summed E-state index contributed by atoms with van der Waals surface area (Å²) in [5, 5.41) is 5.08. The smallest absolute Gasteiger partial charge is 0.366 e. The third kappa shape index (κ3) is 6.22. The summed E-state index contributed by atoms with van der Waals surface area (Å²) in [6.45, 7) is 0. The van der Waals surface area contributed by atoms with Crippen LogP contribution in [0.25, 0.3) is 23.0 Å². The Hall–Kier alpha value is -3.78. The molecule has 0 aliphatic rings. The van der Waals surface area contributed by atoms with Crippen molar-refractivity contribution in [1.82, 2.24) is 9.97 Å². The lowest BCUT2D eigenvalue weighted by molar-refractivity contribution is -0.143. The van der Waals surface area contributed by atoms with Crippen LogP contribution in [0.1, 0.15) is 22.4 Å². The number of sulfonamides is 1. The number of benzene rings is 2. The molecule has 0 atom stereocenters. The standard InChI is InChI=1S/C21H14F6N4O3S/c22-20(23,24)13-6-12(7-14(9-13)21(25,26)27)19-30-5-4-15(31-19)10-17(18(28)32)11-2-1-3-16(8-11)35(29,33)34/h1-10H,(H2,28,32)(H2,29,33,34)/b17-10+. The summed E-state index contributed by atoms with van der Waals surface area (Å²) in [7, 11) is -4.12. The molecule has 0 aliphatic carbocycles. The van der Waals surface area contributed by atoms with Crippen LogP contribution in [0.15, 0.2) is 59.6 Å². The van der Waals surface area contributed by atoms with Gasteiger partial charge in [-0.3, -0.25) is 4.79 Å². The fourth-order valence-corrected chi connectivity index (χ4v) is 3.52. The van der Waals surface area contributed by atoms with Gasteiger partial charge in [-0.1, -0.05) is 12.1 Å². The van der Waals surface area contributed by atoms with Crippen LogP contribution in [0.4, 0.5) is 26.3 Å². The van der Waals surface area contributed by atoms with E-state index in [1.807, 2.05) is 0 Å². The normalized spacial score (nSPS) is 13.1. The van der Waals surface area contributed by atoms with E-state index in [9.17, 15) is 39.6 Å². The second-order valence-electron chi connectivity index (χ2n) is 7.09. The maximum atomic E-state index is 13.2. The Bertz CT molecular complexity index is 1400. The molecule has 2 aromatic carbocycles. The summed E-state index contributed by atoms with van der Waals surface area (Å²) in [5.74, 6) is -1.51. The quantitative estimate of drug-likeness (QED) is 0.393. The van der Waals surface area contributed by atoms with E-state index in [1.165, 1.54) is 24.3 Å². The van der Waals surface area contributed by atoms with E-state index in [1.54, 1.807) is 0 Å². The molecular formula is C21H14F6N4O3S. The maximum Gasteiger partial charge on any atom is 0.416 e. The number of rotatable bonds is 5. The van der Waals surface area contributed by atoms with E-state index < -0.39 is 50.8 Å². The highest BCUT2D eigenvalue weighted by Gasteiger charge is 2.37. The van der Waals surface area contributed by atoms with Crippen molar-refractivity contribution in [2.24, 2.45) is 10.9 Å². The van der Waals surface area contributed by atoms with Crippen molar-refractivity contribution in [2.75, 3.05) is 0 Å². The summed E-state index contributed by atoms with van der Waals surface area (Å²) in [4.78, 5) is 19.4. The van der Waals surface area contributed by atoms with Crippen LogP contribution >= 0.6 is 0 Å². The Kier molecular flexibility index (Phi) is 6.72. The van der Waals surface area contributed by atoms with Crippen molar-refractivity contribution in [1.29, 1.82) is 0 Å². The van der Waals surface area contributed by atoms with Crippen LogP contribution in [0.2, 0.25) is 0 Å². The van der Waals surface area contributed by atoms with Gasteiger partial charge < -0.3 is 5.73 Å². The van der Waals surface area contributed by atoms with Crippen molar-refractivity contribution in [3.05, 3.63) is 77.1 Å². The number of nitrogens with zero attached hydrogens (tertiary/aromatic N) is 2. The Morgan fingerprint density at radius 2 is 1.51 bits per heavy atom. The van der Waals surface area contributed by atoms with Crippen molar-refractivity contribution >= 4 is 27.6 Å². The topological polar surface area (TPSA) is 129 Å². The molecule has 0 radical (unpaired) electrons. The Labute approximate surface area is 194 Å². The zero-order chi connectivity index (χ0) is 26.2. The van der Waals surface area contributed by atoms with E-state index in [0.29, 0.717) is 12.1 Å². The van der Waals surface area contributed by atoms with Crippen LogP contribution in [0.5, 0.6) is 0 Å². The third-order valence-electron chi connectivity index (χ3n) is 4.55. The van der Waals surface area contributed by atoms with Crippen LogP contribution in [0.3, 0.4) is 0 Å². The number of hydrogen-bond acceptors (Lipinski definition) is 5. The van der Waals surface area contributed by atoms with E-state index in [-0.39, 0.29) is 27.8 Å². The van der Waals surface area contributed by atoms with Crippen LogP contribution < -0.4 is 10.9 Å². The first-order chi connectivity index (χ1) is 16.1. The highest BCUT2D eigenvalue weighted by Crippen LogP contribution is 2.38. The first-order valence-corrected chi connectivity index (χ1v) is 10.9. The number of primary sulfonamides is 1. The molecule has 0 unspecified atom stereocenters. The van der Waals surface area contributed by atoms with E-state index in [2.05, 4.69) is 9.97 Å². The predicted octanol–water partition coefficient (Wildman–Crippen LogP) is 3.85. The molecule has 1 aromatic heterocycles. The monoisotopic (exact) mass is 516 g/mol. The lowest BCUT2D eigenvalue weighted by Gasteiger charge is -2.14. The molecule has 0 aliphatic heterocycles. The summed E-state index contributed by atoms with van der Waals surface area (Å²) in [6.07, 6.45) is -8.00. The van der Waals surface area contributed by atoms with Gasteiger partial charge in [0, 0.05) is 17.3 Å². The number of amides is 1. The van der Waals surface area contributed by atoms with E-state index >= 15 is 0 Å². The number of aromatic nitrogens is 2. The van der Waals surface area contributed by atoms with Gasteiger partial charge in [-0.25, -0.2) is 23.5 Å². The Morgan fingerprint density at radius 1 is 0.914 bits per heavy atom. The molecular weight excluding hydrogens is 502 g/mol. The van der Waals surface area contributed by atoms with Crippen LogP contribution in [-0.4, -0.2) is 24.3 Å². The van der Waals surface area contributed by atoms with Crippen LogP contribution in [0, 0.1) is 0 Å². The Morgan fingerprint density at radius 3 is 2.03 bits per heavy atom. The minimum absolute atomic E-state index is 0.0302. The highest BCUT2D eigenvalue weighted by molar-refractivity contribution is 7.89. The largest absolute Gasteiger partial charge is 0.416 e. The van der Waals surface area contributed by atoms with Gasteiger partial charge in [-0.15, -0.1) is 0 Å². The SMILES string of the molecule is NC(=O)/C(=C/c1ccnc(-c2cc(C(F)(F)F)cc(C(F)(F)F)c2)n1)c1cccc(S(N)(=O)=O)c1. The molecule has 184 valence electrons. The molecule has 0 bridgehead atoms. The number of carbonyl (C=O) groups is 1. The average Bonchev–Trinajstić information content (AvgIpc) is 2.75. The summed E-state index contributed by atoms with van der Waals surface area (Å²) in [5.41, 5.74) is 1.39. The van der Waals surface area contributed by atoms with Gasteiger partial charge >= 0.3 is 12.4 Å². The van der Waals surface area contributed by atoms with Crippen molar-refractivity contribution in [3.63, 3.8) is 0 Å². The molecule has 1 heterocycles. The molecule has 1 amide bonds. The molecule has 0 saturated heterocycles. The first kappa shape index (κ1) is 25.8. The molecule has 14 heteroatoms. The number of carbonyl (C=O) groups excluding carboxylic acids is 1.